The van der Waals surface area contributed by atoms with Crippen molar-refractivity contribution in [2.45, 2.75) is 32.1 Å². The molecule has 6 heteroatoms. The van der Waals surface area contributed by atoms with Crippen LogP contribution in [0.15, 0.2) is 40.8 Å². The first-order valence-electron chi connectivity index (χ1n) is 9.03. The van der Waals surface area contributed by atoms with E-state index in [1.54, 1.807) is 24.3 Å². The van der Waals surface area contributed by atoms with Gasteiger partial charge < -0.3 is 15.1 Å². The molecule has 142 valence electrons. The van der Waals surface area contributed by atoms with Gasteiger partial charge in [0.1, 0.15) is 17.3 Å². The molecule has 1 fully saturated rings. The third kappa shape index (κ3) is 5.85. The second kappa shape index (κ2) is 10.3. The molecule has 0 bridgehead atoms. The fourth-order valence-electron chi connectivity index (χ4n) is 3.23. The van der Waals surface area contributed by atoms with Crippen LogP contribution < -0.4 is 10.6 Å². The van der Waals surface area contributed by atoms with Crippen molar-refractivity contribution in [3.05, 3.63) is 48.0 Å². The first-order chi connectivity index (χ1) is 12.2. The number of rotatable bonds is 7. The molecule has 3 rings (SSSR count). The van der Waals surface area contributed by atoms with Crippen LogP contribution in [0.1, 0.15) is 31.4 Å². The Morgan fingerprint density at radius 3 is 2.88 bits per heavy atom. The van der Waals surface area contributed by atoms with Gasteiger partial charge in [0.25, 0.3) is 0 Å². The predicted molar refractivity (Wildman–Crippen MR) is 103 cm³/mol. The lowest BCUT2D eigenvalue weighted by Crippen LogP contribution is -2.33. The molecule has 1 aromatic carbocycles. The Morgan fingerprint density at radius 1 is 1.27 bits per heavy atom. The summed E-state index contributed by atoms with van der Waals surface area (Å²) in [7, 11) is 0. The van der Waals surface area contributed by atoms with Crippen LogP contribution in [-0.2, 0) is 11.2 Å². The lowest BCUT2D eigenvalue weighted by atomic mass is 9.96. The zero-order valence-electron chi connectivity index (χ0n) is 14.8. The summed E-state index contributed by atoms with van der Waals surface area (Å²) in [4.78, 5) is 12.0. The maximum Gasteiger partial charge on any atom is 0.220 e. The van der Waals surface area contributed by atoms with Gasteiger partial charge in [-0.15, -0.1) is 12.4 Å². The van der Waals surface area contributed by atoms with Gasteiger partial charge in [-0.3, -0.25) is 4.79 Å². The Labute approximate surface area is 160 Å². The quantitative estimate of drug-likeness (QED) is 0.764. The number of hydrogen-bond acceptors (Lipinski definition) is 3. The Morgan fingerprint density at radius 2 is 2.12 bits per heavy atom. The zero-order valence-corrected chi connectivity index (χ0v) is 15.6. The second-order valence-corrected chi connectivity index (χ2v) is 6.60. The van der Waals surface area contributed by atoms with Crippen molar-refractivity contribution in [3.63, 3.8) is 0 Å². The number of hydrogen-bond donors (Lipinski definition) is 2. The highest BCUT2D eigenvalue weighted by Crippen LogP contribution is 2.25. The molecule has 0 saturated carbocycles. The summed E-state index contributed by atoms with van der Waals surface area (Å²) in [5.41, 5.74) is 0.444. The van der Waals surface area contributed by atoms with E-state index in [4.69, 9.17) is 4.42 Å². The SMILES string of the molecule is Cl.O=C(CCc1ccc(-c2ccccc2F)o1)NCCC1CCCNC1. The molecule has 0 aliphatic carbocycles. The van der Waals surface area contributed by atoms with E-state index < -0.39 is 0 Å². The van der Waals surface area contributed by atoms with Crippen molar-refractivity contribution >= 4 is 18.3 Å². The van der Waals surface area contributed by atoms with E-state index >= 15 is 0 Å². The van der Waals surface area contributed by atoms with E-state index in [2.05, 4.69) is 10.6 Å². The number of piperidine rings is 1. The maximum absolute atomic E-state index is 13.8. The minimum atomic E-state index is -0.307. The van der Waals surface area contributed by atoms with Gasteiger partial charge in [-0.2, -0.15) is 0 Å². The summed E-state index contributed by atoms with van der Waals surface area (Å²) in [5, 5.41) is 6.37. The van der Waals surface area contributed by atoms with Crippen molar-refractivity contribution in [2.24, 2.45) is 5.92 Å². The van der Waals surface area contributed by atoms with Crippen LogP contribution in [-0.4, -0.2) is 25.5 Å². The predicted octanol–water partition coefficient (Wildman–Crippen LogP) is 3.95. The fourth-order valence-corrected chi connectivity index (χ4v) is 3.23. The van der Waals surface area contributed by atoms with Crippen LogP contribution in [0.4, 0.5) is 4.39 Å². The Balaban J connectivity index is 0.00000243. The van der Waals surface area contributed by atoms with Crippen molar-refractivity contribution in [2.75, 3.05) is 19.6 Å². The van der Waals surface area contributed by atoms with Crippen LogP contribution in [0.3, 0.4) is 0 Å². The lowest BCUT2D eigenvalue weighted by molar-refractivity contribution is -0.121. The topological polar surface area (TPSA) is 54.3 Å². The minimum Gasteiger partial charge on any atom is -0.461 e. The maximum atomic E-state index is 13.8. The summed E-state index contributed by atoms with van der Waals surface area (Å²) < 4.78 is 19.4. The van der Waals surface area contributed by atoms with Crippen LogP contribution in [0.25, 0.3) is 11.3 Å². The number of nitrogens with one attached hydrogen (secondary N) is 2. The van der Waals surface area contributed by atoms with Crippen LogP contribution in [0, 0.1) is 11.7 Å². The molecule has 4 nitrogen and oxygen atoms in total. The van der Waals surface area contributed by atoms with Gasteiger partial charge in [0.2, 0.25) is 5.91 Å². The van der Waals surface area contributed by atoms with Crippen molar-refractivity contribution in [1.82, 2.24) is 10.6 Å². The molecular weight excluding hydrogens is 355 g/mol. The van der Waals surface area contributed by atoms with Gasteiger partial charge in [0.15, 0.2) is 0 Å². The second-order valence-electron chi connectivity index (χ2n) is 6.60. The normalized spacial score (nSPS) is 16.7. The van der Waals surface area contributed by atoms with E-state index in [0.717, 1.165) is 26.1 Å². The number of amides is 1. The molecule has 1 aliphatic heterocycles. The molecule has 1 saturated heterocycles. The van der Waals surface area contributed by atoms with Crippen molar-refractivity contribution in [1.29, 1.82) is 0 Å². The largest absolute Gasteiger partial charge is 0.461 e. The molecule has 2 N–H and O–H groups in total. The summed E-state index contributed by atoms with van der Waals surface area (Å²) >= 11 is 0. The van der Waals surface area contributed by atoms with Gasteiger partial charge in [-0.25, -0.2) is 4.39 Å². The third-order valence-electron chi connectivity index (χ3n) is 4.67. The Hall–Kier alpha value is -1.85. The smallest absolute Gasteiger partial charge is 0.220 e. The van der Waals surface area contributed by atoms with Gasteiger partial charge in [0.05, 0.1) is 5.56 Å². The van der Waals surface area contributed by atoms with E-state index in [1.807, 2.05) is 6.07 Å². The highest BCUT2D eigenvalue weighted by atomic mass is 35.5. The number of carbonyl (C=O) groups is 1. The molecule has 1 unspecified atom stereocenters. The minimum absolute atomic E-state index is 0. The molecule has 1 amide bonds. The van der Waals surface area contributed by atoms with Crippen molar-refractivity contribution in [3.8, 4) is 11.3 Å². The number of benzene rings is 1. The van der Waals surface area contributed by atoms with E-state index in [9.17, 15) is 9.18 Å². The summed E-state index contributed by atoms with van der Waals surface area (Å²) in [6.45, 7) is 2.89. The Bertz CT molecular complexity index is 699. The number of carbonyl (C=O) groups excluding carboxylic acids is 1. The first kappa shape index (κ1) is 20.5. The van der Waals surface area contributed by atoms with Crippen LogP contribution in [0.2, 0.25) is 0 Å². The highest BCUT2D eigenvalue weighted by molar-refractivity contribution is 5.85. The summed E-state index contributed by atoms with van der Waals surface area (Å²) in [5.74, 6) is 1.59. The van der Waals surface area contributed by atoms with Gasteiger partial charge in [0, 0.05) is 19.4 Å². The molecule has 1 aliphatic rings. The number of aryl methyl sites for hydroxylation is 1. The molecule has 1 aromatic heterocycles. The van der Waals surface area contributed by atoms with Gasteiger partial charge >= 0.3 is 0 Å². The average molecular weight is 381 g/mol. The number of halogens is 2. The van der Waals surface area contributed by atoms with E-state index in [0.29, 0.717) is 35.8 Å². The lowest BCUT2D eigenvalue weighted by Gasteiger charge is -2.22. The molecule has 0 radical (unpaired) electrons. The zero-order chi connectivity index (χ0) is 17.5. The highest BCUT2D eigenvalue weighted by Gasteiger charge is 2.13. The fraction of sp³-hybridized carbons (Fsp3) is 0.450. The molecular formula is C20H26ClFN2O2. The summed E-state index contributed by atoms with van der Waals surface area (Å²) in [6, 6.07) is 10.1. The molecule has 2 aromatic rings. The third-order valence-corrected chi connectivity index (χ3v) is 4.67. The molecule has 26 heavy (non-hydrogen) atoms. The van der Waals surface area contributed by atoms with Gasteiger partial charge in [-0.1, -0.05) is 12.1 Å². The van der Waals surface area contributed by atoms with Crippen LogP contribution >= 0.6 is 12.4 Å². The molecule has 2 heterocycles. The van der Waals surface area contributed by atoms with Crippen molar-refractivity contribution < 1.29 is 13.6 Å². The standard InChI is InChI=1S/C20H25FN2O2.ClH/c21-18-6-2-1-5-17(18)19-9-7-16(25-19)8-10-20(24)23-13-11-15-4-3-12-22-14-15;/h1-2,5-7,9,15,22H,3-4,8,10-14H2,(H,23,24);1H. The molecule has 1 atom stereocenters. The summed E-state index contributed by atoms with van der Waals surface area (Å²) in [6.07, 6.45) is 4.39. The monoisotopic (exact) mass is 380 g/mol. The average Bonchev–Trinajstić information content (AvgIpc) is 3.10. The number of furan rings is 1. The Kier molecular flexibility index (Phi) is 8.13. The van der Waals surface area contributed by atoms with Gasteiger partial charge in [-0.05, 0) is 62.5 Å². The molecule has 0 spiro atoms. The van der Waals surface area contributed by atoms with E-state index in [-0.39, 0.29) is 24.1 Å². The first-order valence-corrected chi connectivity index (χ1v) is 9.03. The van der Waals surface area contributed by atoms with E-state index in [1.165, 1.54) is 18.9 Å². The van der Waals surface area contributed by atoms with Crippen LogP contribution in [0.5, 0.6) is 0 Å².